The van der Waals surface area contributed by atoms with Gasteiger partial charge in [0.25, 0.3) is 5.91 Å². The first-order chi connectivity index (χ1) is 13.5. The van der Waals surface area contributed by atoms with Crippen molar-refractivity contribution in [3.8, 4) is 0 Å². The Morgan fingerprint density at radius 1 is 1.14 bits per heavy atom. The fourth-order valence-corrected chi connectivity index (χ4v) is 2.96. The maximum atomic E-state index is 12.6. The van der Waals surface area contributed by atoms with Gasteiger partial charge in [-0.2, -0.15) is 0 Å². The number of nitrogens with one attached hydrogen (secondary N) is 2. The minimum Gasteiger partial charge on any atom is -0.387 e. The third-order valence-electron chi connectivity index (χ3n) is 4.36. The van der Waals surface area contributed by atoms with Gasteiger partial charge in [-0.15, -0.1) is 0 Å². The van der Waals surface area contributed by atoms with E-state index < -0.39 is 0 Å². The summed E-state index contributed by atoms with van der Waals surface area (Å²) in [5.74, 6) is -0.0293. The number of nitrogens with two attached hydrogens (primary N) is 1. The number of aliphatic imine (C=N–C) groups is 1. The molecule has 1 aliphatic heterocycles. The summed E-state index contributed by atoms with van der Waals surface area (Å²) in [6, 6.07) is 12.8. The molecule has 0 bridgehead atoms. The average molecular weight is 376 g/mol. The van der Waals surface area contributed by atoms with E-state index in [-0.39, 0.29) is 18.2 Å². The SMILES string of the molecule is CCCNC(=O)C1=Cc2ccc(C(=O)Nc3cccc(C)c3)cc2N=C(N)C1. The number of hydrogen-bond donors (Lipinski definition) is 3. The van der Waals surface area contributed by atoms with Crippen LogP contribution in [0.4, 0.5) is 11.4 Å². The first kappa shape index (κ1) is 19.4. The van der Waals surface area contributed by atoms with Crippen LogP contribution in [0.15, 0.2) is 53.0 Å². The van der Waals surface area contributed by atoms with Crippen LogP contribution in [0.2, 0.25) is 0 Å². The van der Waals surface area contributed by atoms with Crippen molar-refractivity contribution in [2.24, 2.45) is 10.7 Å². The van der Waals surface area contributed by atoms with E-state index in [4.69, 9.17) is 5.73 Å². The predicted octanol–water partition coefficient (Wildman–Crippen LogP) is 3.55. The second-order valence-electron chi connectivity index (χ2n) is 6.80. The molecule has 1 heterocycles. The fraction of sp³-hybridized carbons (Fsp3) is 0.227. The van der Waals surface area contributed by atoms with Gasteiger partial charge in [0, 0.05) is 35.4 Å². The topological polar surface area (TPSA) is 96.6 Å². The van der Waals surface area contributed by atoms with E-state index in [1.54, 1.807) is 24.3 Å². The summed E-state index contributed by atoms with van der Waals surface area (Å²) >= 11 is 0. The molecule has 3 rings (SSSR count). The van der Waals surface area contributed by atoms with Gasteiger partial charge in [-0.25, -0.2) is 4.99 Å². The molecule has 0 saturated carbocycles. The minimum atomic E-state index is -0.226. The summed E-state index contributed by atoms with van der Waals surface area (Å²) < 4.78 is 0. The zero-order valence-corrected chi connectivity index (χ0v) is 16.1. The third-order valence-corrected chi connectivity index (χ3v) is 4.36. The predicted molar refractivity (Wildman–Crippen MR) is 113 cm³/mol. The molecule has 0 aromatic heterocycles. The monoisotopic (exact) mass is 376 g/mol. The molecule has 2 aromatic rings. The highest BCUT2D eigenvalue weighted by Gasteiger charge is 2.17. The highest BCUT2D eigenvalue weighted by molar-refractivity contribution is 6.07. The molecular weight excluding hydrogens is 352 g/mol. The number of nitrogens with zero attached hydrogens (tertiary/aromatic N) is 1. The van der Waals surface area contributed by atoms with Crippen molar-refractivity contribution < 1.29 is 9.59 Å². The van der Waals surface area contributed by atoms with Crippen molar-refractivity contribution in [2.75, 3.05) is 11.9 Å². The largest absolute Gasteiger partial charge is 0.387 e. The van der Waals surface area contributed by atoms with Crippen LogP contribution < -0.4 is 16.4 Å². The lowest BCUT2D eigenvalue weighted by molar-refractivity contribution is -0.117. The number of benzene rings is 2. The summed E-state index contributed by atoms with van der Waals surface area (Å²) in [5, 5.41) is 5.75. The molecule has 6 nitrogen and oxygen atoms in total. The highest BCUT2D eigenvalue weighted by Crippen LogP contribution is 2.28. The van der Waals surface area contributed by atoms with E-state index in [9.17, 15) is 9.59 Å². The van der Waals surface area contributed by atoms with Crippen molar-refractivity contribution in [1.29, 1.82) is 0 Å². The molecule has 0 spiro atoms. The standard InChI is InChI=1S/C22H24N4O2/c1-3-9-24-21(27)17-11-15-7-8-16(12-19(15)26-20(23)13-17)22(28)25-18-6-4-5-14(2)10-18/h4-8,10-12H,3,9,13H2,1-2H3,(H2,23,26)(H,24,27)(H,25,28). The molecule has 0 aliphatic carbocycles. The Morgan fingerprint density at radius 2 is 1.96 bits per heavy atom. The number of amidine groups is 1. The third kappa shape index (κ3) is 4.65. The zero-order valence-electron chi connectivity index (χ0n) is 16.1. The van der Waals surface area contributed by atoms with E-state index in [2.05, 4.69) is 15.6 Å². The van der Waals surface area contributed by atoms with Crippen molar-refractivity contribution in [1.82, 2.24) is 5.32 Å². The van der Waals surface area contributed by atoms with Gasteiger partial charge in [-0.1, -0.05) is 25.1 Å². The Hall–Kier alpha value is -3.41. The zero-order chi connectivity index (χ0) is 20.1. The number of hydrogen-bond acceptors (Lipinski definition) is 4. The van der Waals surface area contributed by atoms with Crippen LogP contribution in [-0.2, 0) is 4.79 Å². The van der Waals surface area contributed by atoms with Crippen LogP contribution in [0.3, 0.4) is 0 Å². The summed E-state index contributed by atoms with van der Waals surface area (Å²) in [5.41, 5.74) is 10.2. The first-order valence-corrected chi connectivity index (χ1v) is 9.30. The van der Waals surface area contributed by atoms with Crippen LogP contribution >= 0.6 is 0 Å². The molecule has 0 radical (unpaired) electrons. The number of carbonyl (C=O) groups is 2. The molecular formula is C22H24N4O2. The molecule has 6 heteroatoms. The summed E-state index contributed by atoms with van der Waals surface area (Å²) in [7, 11) is 0. The molecule has 2 amide bonds. The number of amides is 2. The van der Waals surface area contributed by atoms with Gasteiger partial charge in [0.15, 0.2) is 0 Å². The number of fused-ring (bicyclic) bond motifs is 1. The van der Waals surface area contributed by atoms with E-state index in [0.717, 1.165) is 23.2 Å². The molecule has 0 saturated heterocycles. The van der Waals surface area contributed by atoms with Gasteiger partial charge in [0.05, 0.1) is 5.69 Å². The maximum absolute atomic E-state index is 12.6. The van der Waals surface area contributed by atoms with Gasteiger partial charge in [-0.3, -0.25) is 9.59 Å². The summed E-state index contributed by atoms with van der Waals surface area (Å²) in [6.07, 6.45) is 2.92. The molecule has 0 atom stereocenters. The first-order valence-electron chi connectivity index (χ1n) is 9.30. The van der Waals surface area contributed by atoms with Crippen LogP contribution in [0.1, 0.15) is 41.3 Å². The molecule has 0 unspecified atom stereocenters. The Balaban J connectivity index is 1.86. The number of aryl methyl sites for hydroxylation is 1. The van der Waals surface area contributed by atoms with Gasteiger partial charge in [0.1, 0.15) is 5.84 Å². The van der Waals surface area contributed by atoms with Crippen molar-refractivity contribution in [3.05, 3.63) is 64.7 Å². The molecule has 28 heavy (non-hydrogen) atoms. The second kappa shape index (κ2) is 8.52. The van der Waals surface area contributed by atoms with Crippen LogP contribution in [0, 0.1) is 6.92 Å². The Morgan fingerprint density at radius 3 is 2.71 bits per heavy atom. The Kier molecular flexibility index (Phi) is 5.89. The van der Waals surface area contributed by atoms with Crippen molar-refractivity contribution in [2.45, 2.75) is 26.7 Å². The summed E-state index contributed by atoms with van der Waals surface area (Å²) in [6.45, 7) is 4.57. The molecule has 2 aromatic carbocycles. The number of rotatable bonds is 5. The maximum Gasteiger partial charge on any atom is 0.255 e. The Labute approximate surface area is 164 Å². The van der Waals surface area contributed by atoms with E-state index in [1.165, 1.54) is 0 Å². The van der Waals surface area contributed by atoms with Gasteiger partial charge in [0.2, 0.25) is 5.91 Å². The summed E-state index contributed by atoms with van der Waals surface area (Å²) in [4.78, 5) is 29.3. The number of anilines is 1. The van der Waals surface area contributed by atoms with Crippen LogP contribution in [-0.4, -0.2) is 24.2 Å². The molecule has 1 aliphatic rings. The smallest absolute Gasteiger partial charge is 0.255 e. The van der Waals surface area contributed by atoms with Crippen molar-refractivity contribution >= 4 is 35.1 Å². The van der Waals surface area contributed by atoms with Crippen LogP contribution in [0.25, 0.3) is 6.08 Å². The quantitative estimate of drug-likeness (QED) is 0.744. The Bertz CT molecular complexity index is 976. The van der Waals surface area contributed by atoms with Crippen LogP contribution in [0.5, 0.6) is 0 Å². The highest BCUT2D eigenvalue weighted by atomic mass is 16.2. The minimum absolute atomic E-state index is 0.144. The fourth-order valence-electron chi connectivity index (χ4n) is 2.96. The lowest BCUT2D eigenvalue weighted by atomic mass is 10.0. The lowest BCUT2D eigenvalue weighted by Gasteiger charge is -2.08. The van der Waals surface area contributed by atoms with Crippen molar-refractivity contribution in [3.63, 3.8) is 0 Å². The normalized spacial score (nSPS) is 12.9. The molecule has 144 valence electrons. The van der Waals surface area contributed by atoms with Gasteiger partial charge >= 0.3 is 0 Å². The van der Waals surface area contributed by atoms with Gasteiger partial charge < -0.3 is 16.4 Å². The lowest BCUT2D eigenvalue weighted by Crippen LogP contribution is -2.27. The van der Waals surface area contributed by atoms with Gasteiger partial charge in [-0.05, 0) is 49.2 Å². The van der Waals surface area contributed by atoms with E-state index in [0.29, 0.717) is 29.2 Å². The van der Waals surface area contributed by atoms with E-state index >= 15 is 0 Å². The molecule has 0 fully saturated rings. The molecule has 4 N–H and O–H groups in total. The average Bonchev–Trinajstić information content (AvgIpc) is 2.83. The second-order valence-corrected chi connectivity index (χ2v) is 6.80. The van der Waals surface area contributed by atoms with E-state index in [1.807, 2.05) is 38.1 Å². The number of carbonyl (C=O) groups excluding carboxylic acids is 2.